The summed E-state index contributed by atoms with van der Waals surface area (Å²) in [6.45, 7) is 3.35. The molecule has 0 aromatic carbocycles. The Balaban J connectivity index is 2.26. The van der Waals surface area contributed by atoms with Crippen LogP contribution in [-0.4, -0.2) is 34.8 Å². The van der Waals surface area contributed by atoms with Gasteiger partial charge in [-0.05, 0) is 18.4 Å². The maximum absolute atomic E-state index is 8.73. The van der Waals surface area contributed by atoms with E-state index in [4.69, 9.17) is 9.84 Å². The highest BCUT2D eigenvalue weighted by Gasteiger charge is 2.09. The van der Waals surface area contributed by atoms with Gasteiger partial charge in [-0.25, -0.2) is 4.98 Å². The minimum atomic E-state index is 0.123. The van der Waals surface area contributed by atoms with E-state index in [9.17, 15) is 0 Å². The lowest BCUT2D eigenvalue weighted by atomic mass is 10.4. The van der Waals surface area contributed by atoms with Crippen LogP contribution in [-0.2, 0) is 0 Å². The molecule has 0 aliphatic carbocycles. The average Bonchev–Trinajstić information content (AvgIpc) is 2.78. The Labute approximate surface area is 103 Å². The highest BCUT2D eigenvalue weighted by Crippen LogP contribution is 2.28. The van der Waals surface area contributed by atoms with Crippen molar-refractivity contribution in [3.8, 4) is 5.88 Å². The molecule has 0 saturated carbocycles. The van der Waals surface area contributed by atoms with Crippen LogP contribution in [0.3, 0.4) is 0 Å². The van der Waals surface area contributed by atoms with Crippen molar-refractivity contribution in [2.45, 2.75) is 13.3 Å². The predicted molar refractivity (Wildman–Crippen MR) is 68.8 cm³/mol. The van der Waals surface area contributed by atoms with Crippen LogP contribution >= 0.6 is 11.3 Å². The number of nitrogens with one attached hydrogen (secondary N) is 1. The molecule has 0 radical (unpaired) electrons. The zero-order valence-corrected chi connectivity index (χ0v) is 10.5. The molecule has 0 fully saturated rings. The van der Waals surface area contributed by atoms with Gasteiger partial charge in [0.2, 0.25) is 11.8 Å². The van der Waals surface area contributed by atoms with Crippen LogP contribution in [0.2, 0.25) is 0 Å². The first-order valence-corrected chi connectivity index (χ1v) is 6.46. The van der Waals surface area contributed by atoms with Gasteiger partial charge in [-0.3, -0.25) is 0 Å². The van der Waals surface area contributed by atoms with E-state index in [2.05, 4.69) is 15.3 Å². The molecule has 0 saturated heterocycles. The average molecular weight is 253 g/mol. The summed E-state index contributed by atoms with van der Waals surface area (Å²) in [4.78, 5) is 9.61. The quantitative estimate of drug-likeness (QED) is 0.769. The summed E-state index contributed by atoms with van der Waals surface area (Å²) in [6, 6.07) is 1.95. The molecule has 0 aliphatic heterocycles. The van der Waals surface area contributed by atoms with Crippen molar-refractivity contribution >= 4 is 27.5 Å². The van der Waals surface area contributed by atoms with E-state index in [0.29, 0.717) is 24.9 Å². The molecule has 17 heavy (non-hydrogen) atoms. The zero-order chi connectivity index (χ0) is 12.1. The van der Waals surface area contributed by atoms with Gasteiger partial charge >= 0.3 is 0 Å². The van der Waals surface area contributed by atoms with Gasteiger partial charge in [-0.1, -0.05) is 0 Å². The number of aliphatic hydroxyl groups excluding tert-OH is 1. The molecule has 0 spiro atoms. The Bertz CT molecular complexity index is 487. The number of aromatic nitrogens is 2. The lowest BCUT2D eigenvalue weighted by molar-refractivity contribution is 0.231. The monoisotopic (exact) mass is 253 g/mol. The zero-order valence-electron chi connectivity index (χ0n) is 9.64. The third kappa shape index (κ3) is 2.83. The second-order valence-corrected chi connectivity index (χ2v) is 4.34. The number of thiophene rings is 1. The number of hydrogen-bond acceptors (Lipinski definition) is 6. The fourth-order valence-corrected chi connectivity index (χ4v) is 2.16. The minimum absolute atomic E-state index is 0.123. The first-order valence-electron chi connectivity index (χ1n) is 5.58. The molecule has 0 aliphatic rings. The van der Waals surface area contributed by atoms with Crippen LogP contribution < -0.4 is 10.1 Å². The van der Waals surface area contributed by atoms with Crippen LogP contribution in [0, 0.1) is 0 Å². The highest BCUT2D eigenvalue weighted by molar-refractivity contribution is 7.16. The first kappa shape index (κ1) is 12.1. The van der Waals surface area contributed by atoms with E-state index in [1.54, 1.807) is 11.3 Å². The Morgan fingerprint density at radius 1 is 1.47 bits per heavy atom. The Kier molecular flexibility index (Phi) is 4.11. The van der Waals surface area contributed by atoms with Crippen LogP contribution in [0.4, 0.5) is 5.95 Å². The second kappa shape index (κ2) is 5.79. The van der Waals surface area contributed by atoms with Crippen LogP contribution in [0.5, 0.6) is 5.88 Å². The van der Waals surface area contributed by atoms with Crippen molar-refractivity contribution in [3.05, 3.63) is 11.4 Å². The highest BCUT2D eigenvalue weighted by atomic mass is 32.1. The second-order valence-electron chi connectivity index (χ2n) is 3.45. The van der Waals surface area contributed by atoms with Crippen molar-refractivity contribution in [2.75, 3.05) is 25.1 Å². The fraction of sp³-hybridized carbons (Fsp3) is 0.455. The molecule has 2 heterocycles. The van der Waals surface area contributed by atoms with E-state index in [-0.39, 0.29) is 6.61 Å². The standard InChI is InChI=1S/C11H15N3O2S/c1-2-12-11-13-9(16-6-3-5-15)8-4-7-17-10(8)14-11/h4,7,15H,2-3,5-6H2,1H3,(H,12,13,14). The van der Waals surface area contributed by atoms with Gasteiger partial charge in [0.15, 0.2) is 0 Å². The number of aliphatic hydroxyl groups is 1. The van der Waals surface area contributed by atoms with Gasteiger partial charge in [0, 0.05) is 19.6 Å². The van der Waals surface area contributed by atoms with Crippen LogP contribution in [0.1, 0.15) is 13.3 Å². The summed E-state index contributed by atoms with van der Waals surface area (Å²) in [5, 5.41) is 14.7. The Morgan fingerprint density at radius 2 is 2.35 bits per heavy atom. The van der Waals surface area contributed by atoms with E-state index < -0.39 is 0 Å². The Morgan fingerprint density at radius 3 is 3.12 bits per heavy atom. The van der Waals surface area contributed by atoms with Crippen molar-refractivity contribution in [1.82, 2.24) is 9.97 Å². The normalized spacial score (nSPS) is 10.7. The number of nitrogens with zero attached hydrogens (tertiary/aromatic N) is 2. The van der Waals surface area contributed by atoms with E-state index in [1.165, 1.54) is 0 Å². The number of fused-ring (bicyclic) bond motifs is 1. The summed E-state index contributed by atoms with van der Waals surface area (Å²) in [5.41, 5.74) is 0. The van der Waals surface area contributed by atoms with Gasteiger partial charge in [-0.15, -0.1) is 11.3 Å². The number of rotatable bonds is 6. The molecule has 6 heteroatoms. The first-order chi connectivity index (χ1) is 8.35. The lowest BCUT2D eigenvalue weighted by Gasteiger charge is -2.07. The number of ether oxygens (including phenoxy) is 1. The van der Waals surface area contributed by atoms with Crippen molar-refractivity contribution in [1.29, 1.82) is 0 Å². The topological polar surface area (TPSA) is 67.3 Å². The third-order valence-electron chi connectivity index (χ3n) is 2.17. The van der Waals surface area contributed by atoms with E-state index in [1.807, 2.05) is 18.4 Å². The van der Waals surface area contributed by atoms with Gasteiger partial charge in [-0.2, -0.15) is 4.98 Å². The molecular weight excluding hydrogens is 238 g/mol. The SMILES string of the molecule is CCNc1nc(OCCCO)c2ccsc2n1. The molecule has 2 N–H and O–H groups in total. The predicted octanol–water partition coefficient (Wildman–Crippen LogP) is 1.88. The van der Waals surface area contributed by atoms with Gasteiger partial charge < -0.3 is 15.2 Å². The number of hydrogen-bond donors (Lipinski definition) is 2. The Hall–Kier alpha value is -1.40. The van der Waals surface area contributed by atoms with Gasteiger partial charge in [0.05, 0.1) is 12.0 Å². The molecular formula is C11H15N3O2S. The molecule has 5 nitrogen and oxygen atoms in total. The molecule has 2 aromatic heterocycles. The van der Waals surface area contributed by atoms with Crippen LogP contribution in [0.15, 0.2) is 11.4 Å². The fourth-order valence-electron chi connectivity index (χ4n) is 1.41. The van der Waals surface area contributed by atoms with E-state index >= 15 is 0 Å². The number of anilines is 1. The minimum Gasteiger partial charge on any atom is -0.477 e. The maximum Gasteiger partial charge on any atom is 0.227 e. The van der Waals surface area contributed by atoms with E-state index in [0.717, 1.165) is 16.8 Å². The summed E-state index contributed by atoms with van der Waals surface area (Å²) in [7, 11) is 0. The summed E-state index contributed by atoms with van der Waals surface area (Å²) >= 11 is 1.56. The molecule has 92 valence electrons. The summed E-state index contributed by atoms with van der Waals surface area (Å²) in [6.07, 6.45) is 0.603. The lowest BCUT2D eigenvalue weighted by Crippen LogP contribution is -2.06. The molecule has 0 bridgehead atoms. The van der Waals surface area contributed by atoms with Gasteiger partial charge in [0.25, 0.3) is 0 Å². The molecule has 2 aromatic rings. The van der Waals surface area contributed by atoms with Crippen LogP contribution in [0.25, 0.3) is 10.2 Å². The summed E-state index contributed by atoms with van der Waals surface area (Å²) in [5.74, 6) is 1.17. The van der Waals surface area contributed by atoms with Crippen molar-refractivity contribution in [2.24, 2.45) is 0 Å². The maximum atomic E-state index is 8.73. The largest absolute Gasteiger partial charge is 0.477 e. The molecule has 0 amide bonds. The van der Waals surface area contributed by atoms with Crippen molar-refractivity contribution in [3.63, 3.8) is 0 Å². The molecule has 0 unspecified atom stereocenters. The van der Waals surface area contributed by atoms with Gasteiger partial charge in [0.1, 0.15) is 4.83 Å². The third-order valence-corrected chi connectivity index (χ3v) is 2.97. The molecule has 0 atom stereocenters. The summed E-state index contributed by atoms with van der Waals surface area (Å²) < 4.78 is 5.56. The van der Waals surface area contributed by atoms with Crippen molar-refractivity contribution < 1.29 is 9.84 Å². The molecule has 2 rings (SSSR count). The smallest absolute Gasteiger partial charge is 0.227 e.